The SMILES string of the molecule is [C-]#[N+]c1c(-c2c(-c3ccc4c(=O)[nH]nc(CN)c4c3)cnn2C)sc2ncncc12. The lowest BCUT2D eigenvalue weighted by Gasteiger charge is -2.08. The Hall–Kier alpha value is -3.94. The minimum absolute atomic E-state index is 0.202. The maximum Gasteiger partial charge on any atom is 0.272 e. The number of nitrogens with two attached hydrogens (primary N) is 1. The minimum Gasteiger partial charge on any atom is -0.325 e. The zero-order chi connectivity index (χ0) is 20.8. The van der Waals surface area contributed by atoms with Crippen molar-refractivity contribution in [2.24, 2.45) is 12.8 Å². The van der Waals surface area contributed by atoms with Crippen molar-refractivity contribution < 1.29 is 0 Å². The van der Waals surface area contributed by atoms with Gasteiger partial charge in [0, 0.05) is 36.1 Å². The van der Waals surface area contributed by atoms with Crippen LogP contribution in [0.5, 0.6) is 0 Å². The van der Waals surface area contributed by atoms with E-state index in [-0.39, 0.29) is 12.1 Å². The van der Waals surface area contributed by atoms with Gasteiger partial charge in [-0.25, -0.2) is 19.9 Å². The van der Waals surface area contributed by atoms with E-state index < -0.39 is 0 Å². The van der Waals surface area contributed by atoms with Crippen LogP contribution in [0.1, 0.15) is 5.69 Å². The van der Waals surface area contributed by atoms with Gasteiger partial charge in [-0.2, -0.15) is 10.2 Å². The summed E-state index contributed by atoms with van der Waals surface area (Å²) in [4.78, 5) is 25.8. The molecule has 0 saturated carbocycles. The number of nitrogens with one attached hydrogen (secondary N) is 1. The van der Waals surface area contributed by atoms with Gasteiger partial charge in [0.25, 0.3) is 5.56 Å². The monoisotopic (exact) mass is 414 g/mol. The van der Waals surface area contributed by atoms with Crippen molar-refractivity contribution in [2.45, 2.75) is 6.54 Å². The summed E-state index contributed by atoms with van der Waals surface area (Å²) in [5.41, 5.74) is 9.15. The number of thiophene rings is 1. The summed E-state index contributed by atoms with van der Waals surface area (Å²) in [6.45, 7) is 7.90. The molecular weight excluding hydrogens is 400 g/mol. The summed E-state index contributed by atoms with van der Waals surface area (Å²) >= 11 is 1.43. The number of fused-ring (bicyclic) bond motifs is 2. The van der Waals surface area contributed by atoms with E-state index >= 15 is 0 Å². The van der Waals surface area contributed by atoms with E-state index in [0.717, 1.165) is 31.9 Å². The van der Waals surface area contributed by atoms with E-state index in [9.17, 15) is 4.79 Å². The van der Waals surface area contributed by atoms with Crippen LogP contribution in [-0.4, -0.2) is 29.9 Å². The summed E-state index contributed by atoms with van der Waals surface area (Å²) in [6.07, 6.45) is 4.89. The third-order valence-corrected chi connectivity index (χ3v) is 6.09. The number of aryl methyl sites for hydroxylation is 1. The predicted octanol–water partition coefficient (Wildman–Crippen LogP) is 3.00. The number of H-pyrrole nitrogens is 1. The highest BCUT2D eigenvalue weighted by Crippen LogP contribution is 2.46. The van der Waals surface area contributed by atoms with E-state index in [4.69, 9.17) is 12.3 Å². The van der Waals surface area contributed by atoms with Gasteiger partial charge >= 0.3 is 0 Å². The summed E-state index contributed by atoms with van der Waals surface area (Å²) in [7, 11) is 1.83. The summed E-state index contributed by atoms with van der Waals surface area (Å²) in [5, 5.41) is 12.9. The average molecular weight is 414 g/mol. The lowest BCUT2D eigenvalue weighted by atomic mass is 10.0. The van der Waals surface area contributed by atoms with Crippen LogP contribution in [0.25, 0.3) is 47.5 Å². The highest BCUT2D eigenvalue weighted by atomic mass is 32.1. The molecule has 5 aromatic rings. The summed E-state index contributed by atoms with van der Waals surface area (Å²) in [6, 6.07) is 5.52. The molecule has 5 rings (SSSR count). The van der Waals surface area contributed by atoms with E-state index in [0.29, 0.717) is 22.2 Å². The van der Waals surface area contributed by atoms with Crippen LogP contribution in [-0.2, 0) is 13.6 Å². The Morgan fingerprint density at radius 2 is 2.13 bits per heavy atom. The van der Waals surface area contributed by atoms with Gasteiger partial charge in [-0.1, -0.05) is 6.07 Å². The van der Waals surface area contributed by atoms with E-state index in [1.165, 1.54) is 17.7 Å². The second-order valence-electron chi connectivity index (χ2n) is 6.63. The summed E-state index contributed by atoms with van der Waals surface area (Å²) in [5.74, 6) is 0. The maximum atomic E-state index is 12.2. The van der Waals surface area contributed by atoms with E-state index in [1.807, 2.05) is 19.2 Å². The van der Waals surface area contributed by atoms with Crippen molar-refractivity contribution in [1.29, 1.82) is 0 Å². The Morgan fingerprint density at radius 1 is 1.27 bits per heavy atom. The molecule has 0 aliphatic carbocycles. The molecule has 0 bridgehead atoms. The van der Waals surface area contributed by atoms with E-state index in [2.05, 4.69) is 30.1 Å². The fourth-order valence-corrected chi connectivity index (χ4v) is 4.71. The average Bonchev–Trinajstić information content (AvgIpc) is 3.33. The molecule has 1 aromatic carbocycles. The molecular formula is C20H14N8OS. The third-order valence-electron chi connectivity index (χ3n) is 4.98. The number of nitrogens with zero attached hydrogens (tertiary/aromatic N) is 6. The molecule has 3 N–H and O–H groups in total. The van der Waals surface area contributed by atoms with Crippen LogP contribution in [0, 0.1) is 6.57 Å². The molecule has 0 spiro atoms. The number of hydrogen-bond acceptors (Lipinski definition) is 7. The van der Waals surface area contributed by atoms with Gasteiger partial charge in [-0.15, -0.1) is 11.3 Å². The van der Waals surface area contributed by atoms with Gasteiger partial charge in [0.1, 0.15) is 11.2 Å². The first-order valence-electron chi connectivity index (χ1n) is 8.96. The van der Waals surface area contributed by atoms with Crippen molar-refractivity contribution in [3.05, 3.63) is 64.4 Å². The molecule has 0 amide bonds. The smallest absolute Gasteiger partial charge is 0.272 e. The zero-order valence-electron chi connectivity index (χ0n) is 15.7. The second kappa shape index (κ2) is 6.84. The molecule has 0 aliphatic heterocycles. The minimum atomic E-state index is -0.265. The molecule has 0 radical (unpaired) electrons. The van der Waals surface area contributed by atoms with Crippen LogP contribution in [0.4, 0.5) is 5.69 Å². The third kappa shape index (κ3) is 2.61. The fourth-order valence-electron chi connectivity index (χ4n) is 3.56. The lowest BCUT2D eigenvalue weighted by Crippen LogP contribution is -2.13. The number of rotatable bonds is 3. The van der Waals surface area contributed by atoms with Crippen molar-refractivity contribution in [3.8, 4) is 21.7 Å². The molecule has 0 aliphatic rings. The predicted molar refractivity (Wildman–Crippen MR) is 115 cm³/mol. The lowest BCUT2D eigenvalue weighted by molar-refractivity contribution is 0.777. The van der Waals surface area contributed by atoms with Crippen molar-refractivity contribution in [2.75, 3.05) is 0 Å². The van der Waals surface area contributed by atoms with Gasteiger partial charge < -0.3 is 5.73 Å². The Labute approximate surface area is 173 Å². The standard InChI is InChI=1S/C20H14N8OS/c1-22-16-14-7-23-9-24-20(14)30-18(16)17-13(8-25-28(17)2)10-3-4-11-12(5-10)15(6-21)26-27-19(11)29/h3-5,7-9H,6,21H2,2H3,(H,27,29). The number of hydrogen-bond donors (Lipinski definition) is 2. The first-order chi connectivity index (χ1) is 14.6. The summed E-state index contributed by atoms with van der Waals surface area (Å²) < 4.78 is 1.74. The highest BCUT2D eigenvalue weighted by Gasteiger charge is 2.22. The van der Waals surface area contributed by atoms with E-state index in [1.54, 1.807) is 23.1 Å². The highest BCUT2D eigenvalue weighted by molar-refractivity contribution is 7.22. The molecule has 0 unspecified atom stereocenters. The Morgan fingerprint density at radius 3 is 2.93 bits per heavy atom. The number of benzene rings is 1. The molecule has 4 aromatic heterocycles. The van der Waals surface area contributed by atoms with Crippen molar-refractivity contribution >= 4 is 38.0 Å². The quantitative estimate of drug-likeness (QED) is 0.438. The number of aromatic nitrogens is 6. The Kier molecular flexibility index (Phi) is 4.13. The van der Waals surface area contributed by atoms with Gasteiger partial charge in [0.2, 0.25) is 5.69 Å². The van der Waals surface area contributed by atoms with Crippen LogP contribution in [0.3, 0.4) is 0 Å². The van der Waals surface area contributed by atoms with Gasteiger partial charge in [0.05, 0.1) is 34.4 Å². The van der Waals surface area contributed by atoms with Gasteiger partial charge in [0.15, 0.2) is 0 Å². The zero-order valence-corrected chi connectivity index (χ0v) is 16.6. The largest absolute Gasteiger partial charge is 0.325 e. The van der Waals surface area contributed by atoms with Crippen molar-refractivity contribution in [3.63, 3.8) is 0 Å². The first-order valence-corrected chi connectivity index (χ1v) is 9.78. The van der Waals surface area contributed by atoms with Crippen molar-refractivity contribution in [1.82, 2.24) is 29.9 Å². The molecule has 0 saturated heterocycles. The Balaban J connectivity index is 1.79. The van der Waals surface area contributed by atoms with Crippen LogP contribution in [0.15, 0.2) is 41.7 Å². The van der Waals surface area contributed by atoms with Crippen LogP contribution < -0.4 is 11.3 Å². The van der Waals surface area contributed by atoms with Gasteiger partial charge in [-0.3, -0.25) is 9.48 Å². The first kappa shape index (κ1) is 18.1. The molecule has 146 valence electrons. The van der Waals surface area contributed by atoms with Gasteiger partial charge in [-0.05, 0) is 17.7 Å². The fraction of sp³-hybridized carbons (Fsp3) is 0.100. The topological polar surface area (TPSA) is 120 Å². The maximum absolute atomic E-state index is 12.2. The van der Waals surface area contributed by atoms with Crippen LogP contribution >= 0.6 is 11.3 Å². The van der Waals surface area contributed by atoms with Crippen LogP contribution in [0.2, 0.25) is 0 Å². The molecule has 4 heterocycles. The molecule has 9 nitrogen and oxygen atoms in total. The molecule has 0 fully saturated rings. The molecule has 30 heavy (non-hydrogen) atoms. The molecule has 0 atom stereocenters. The Bertz CT molecular complexity index is 1540. The molecule has 10 heteroatoms. The normalized spacial score (nSPS) is 11.2. The number of aromatic amines is 1. The second-order valence-corrected chi connectivity index (χ2v) is 7.63.